The molecule has 5 nitrogen and oxygen atoms in total. The average Bonchev–Trinajstić information content (AvgIpc) is 2.25. The number of allylic oxidation sites excluding steroid dienone is 1. The van der Waals surface area contributed by atoms with Crippen molar-refractivity contribution in [1.29, 1.82) is 0 Å². The molecule has 0 unspecified atom stereocenters. The average molecular weight is 269 g/mol. The van der Waals surface area contributed by atoms with Gasteiger partial charge in [0.1, 0.15) is 5.60 Å². The van der Waals surface area contributed by atoms with Crippen LogP contribution in [0.1, 0.15) is 40.5 Å². The number of piperidine rings is 1. The Hall–Kier alpha value is -1.52. The van der Waals surface area contributed by atoms with E-state index in [9.17, 15) is 9.59 Å². The number of rotatable bonds is 2. The van der Waals surface area contributed by atoms with Gasteiger partial charge < -0.3 is 14.7 Å². The maximum absolute atomic E-state index is 11.9. The fraction of sp³-hybridized carbons (Fsp3) is 0.714. The summed E-state index contributed by atoms with van der Waals surface area (Å²) in [6.07, 6.45) is 4.11. The van der Waals surface area contributed by atoms with Crippen LogP contribution in [0.15, 0.2) is 12.2 Å². The highest BCUT2D eigenvalue weighted by atomic mass is 16.6. The van der Waals surface area contributed by atoms with Crippen LogP contribution in [-0.4, -0.2) is 40.8 Å². The summed E-state index contributed by atoms with van der Waals surface area (Å²) in [6, 6.07) is 0. The SMILES string of the molecule is CC1(/C=C/C(=O)O)CCN(C(=O)OC(C)(C)C)CC1. The van der Waals surface area contributed by atoms with Gasteiger partial charge in [0, 0.05) is 19.2 Å². The largest absolute Gasteiger partial charge is 0.478 e. The van der Waals surface area contributed by atoms with Crippen molar-refractivity contribution in [3.8, 4) is 0 Å². The number of likely N-dealkylation sites (tertiary alicyclic amines) is 1. The van der Waals surface area contributed by atoms with Gasteiger partial charge in [0.25, 0.3) is 0 Å². The Bertz CT molecular complexity index is 373. The molecule has 0 aromatic carbocycles. The van der Waals surface area contributed by atoms with Crippen LogP contribution < -0.4 is 0 Å². The molecule has 1 saturated heterocycles. The van der Waals surface area contributed by atoms with E-state index in [1.165, 1.54) is 6.08 Å². The summed E-state index contributed by atoms with van der Waals surface area (Å²) < 4.78 is 5.32. The first-order valence-corrected chi connectivity index (χ1v) is 6.51. The van der Waals surface area contributed by atoms with Gasteiger partial charge >= 0.3 is 12.1 Å². The highest BCUT2D eigenvalue weighted by Crippen LogP contribution is 2.32. The van der Waals surface area contributed by atoms with Gasteiger partial charge in [-0.3, -0.25) is 0 Å². The highest BCUT2D eigenvalue weighted by molar-refractivity contribution is 5.79. The summed E-state index contributed by atoms with van der Waals surface area (Å²) in [7, 11) is 0. The first-order valence-electron chi connectivity index (χ1n) is 6.51. The molecule has 0 aromatic rings. The molecule has 0 bridgehead atoms. The lowest BCUT2D eigenvalue weighted by atomic mass is 9.80. The van der Waals surface area contributed by atoms with Crippen molar-refractivity contribution in [2.75, 3.05) is 13.1 Å². The third-order valence-electron chi connectivity index (χ3n) is 3.19. The maximum Gasteiger partial charge on any atom is 0.410 e. The van der Waals surface area contributed by atoms with Crippen LogP contribution in [0.4, 0.5) is 4.79 Å². The zero-order valence-electron chi connectivity index (χ0n) is 12.1. The number of carbonyl (C=O) groups excluding carboxylic acids is 1. The number of nitrogens with zero attached hydrogens (tertiary/aromatic N) is 1. The third-order valence-corrected chi connectivity index (χ3v) is 3.19. The molecular weight excluding hydrogens is 246 g/mol. The molecule has 1 N–H and O–H groups in total. The normalized spacial score (nSPS) is 19.5. The number of hydrogen-bond acceptors (Lipinski definition) is 3. The minimum absolute atomic E-state index is 0.156. The monoisotopic (exact) mass is 269 g/mol. The second-order valence-corrected chi connectivity index (χ2v) is 6.29. The summed E-state index contributed by atoms with van der Waals surface area (Å²) in [4.78, 5) is 24.1. The van der Waals surface area contributed by atoms with Gasteiger partial charge in [-0.15, -0.1) is 0 Å². The molecule has 1 amide bonds. The molecule has 1 aliphatic rings. The first kappa shape index (κ1) is 15.5. The van der Waals surface area contributed by atoms with Crippen LogP contribution in [0, 0.1) is 5.41 Å². The summed E-state index contributed by atoms with van der Waals surface area (Å²) in [5.41, 5.74) is -0.641. The molecule has 0 aliphatic carbocycles. The van der Waals surface area contributed by atoms with E-state index >= 15 is 0 Å². The summed E-state index contributed by atoms with van der Waals surface area (Å²) in [5.74, 6) is -0.934. The summed E-state index contributed by atoms with van der Waals surface area (Å²) >= 11 is 0. The van der Waals surface area contributed by atoms with Gasteiger partial charge in [-0.1, -0.05) is 13.0 Å². The smallest absolute Gasteiger partial charge is 0.410 e. The van der Waals surface area contributed by atoms with E-state index in [1.807, 2.05) is 27.7 Å². The van der Waals surface area contributed by atoms with Crippen LogP contribution in [0.3, 0.4) is 0 Å². The lowest BCUT2D eigenvalue weighted by Crippen LogP contribution is -2.44. The van der Waals surface area contributed by atoms with Gasteiger partial charge in [0.2, 0.25) is 0 Å². The fourth-order valence-electron chi connectivity index (χ4n) is 1.97. The second kappa shape index (κ2) is 5.63. The van der Waals surface area contributed by atoms with Crippen molar-refractivity contribution in [3.63, 3.8) is 0 Å². The van der Waals surface area contributed by atoms with Crippen LogP contribution >= 0.6 is 0 Å². The predicted octanol–water partition coefficient (Wildman–Crippen LogP) is 2.66. The van der Waals surface area contributed by atoms with Crippen LogP contribution in [-0.2, 0) is 9.53 Å². The minimum Gasteiger partial charge on any atom is -0.478 e. The molecule has 1 heterocycles. The van der Waals surface area contributed by atoms with E-state index in [0.29, 0.717) is 13.1 Å². The molecular formula is C14H23NO4. The maximum atomic E-state index is 11.9. The zero-order valence-corrected chi connectivity index (χ0v) is 12.1. The molecule has 19 heavy (non-hydrogen) atoms. The molecule has 0 atom stereocenters. The topological polar surface area (TPSA) is 66.8 Å². The Labute approximate surface area is 114 Å². The van der Waals surface area contributed by atoms with Gasteiger partial charge in [0.05, 0.1) is 0 Å². The van der Waals surface area contributed by atoms with E-state index in [-0.39, 0.29) is 11.5 Å². The van der Waals surface area contributed by atoms with Crippen LogP contribution in [0.2, 0.25) is 0 Å². The molecule has 1 fully saturated rings. The van der Waals surface area contributed by atoms with Crippen molar-refractivity contribution >= 4 is 12.1 Å². The van der Waals surface area contributed by atoms with Gasteiger partial charge in [-0.2, -0.15) is 0 Å². The Morgan fingerprint density at radius 3 is 2.21 bits per heavy atom. The number of carboxylic acid groups (broad SMARTS) is 1. The van der Waals surface area contributed by atoms with Crippen molar-refractivity contribution in [3.05, 3.63) is 12.2 Å². The number of hydrogen-bond donors (Lipinski definition) is 1. The van der Waals surface area contributed by atoms with Crippen molar-refractivity contribution < 1.29 is 19.4 Å². The zero-order chi connectivity index (χ0) is 14.7. The van der Waals surface area contributed by atoms with Gasteiger partial charge in [-0.25, -0.2) is 9.59 Å². The van der Waals surface area contributed by atoms with Gasteiger partial charge in [0.15, 0.2) is 0 Å². The van der Waals surface area contributed by atoms with E-state index < -0.39 is 11.6 Å². The van der Waals surface area contributed by atoms with Gasteiger partial charge in [-0.05, 0) is 39.0 Å². The van der Waals surface area contributed by atoms with E-state index in [2.05, 4.69) is 0 Å². The van der Waals surface area contributed by atoms with E-state index in [4.69, 9.17) is 9.84 Å². The molecule has 0 saturated carbocycles. The summed E-state index contributed by atoms with van der Waals surface area (Å²) in [5, 5.41) is 8.66. The van der Waals surface area contributed by atoms with Crippen molar-refractivity contribution in [1.82, 2.24) is 4.90 Å². The Morgan fingerprint density at radius 2 is 1.79 bits per heavy atom. The number of carbonyl (C=O) groups is 2. The van der Waals surface area contributed by atoms with Crippen molar-refractivity contribution in [2.24, 2.45) is 5.41 Å². The third kappa shape index (κ3) is 5.32. The standard InChI is InChI=1S/C14H23NO4/c1-13(2,3)19-12(18)15-9-7-14(4,8-10-15)6-5-11(16)17/h5-6H,7-10H2,1-4H3,(H,16,17)/b6-5+. The van der Waals surface area contributed by atoms with Crippen LogP contribution in [0.25, 0.3) is 0 Å². The molecule has 0 aromatic heterocycles. The molecule has 1 rings (SSSR count). The fourth-order valence-corrected chi connectivity index (χ4v) is 1.97. The lowest BCUT2D eigenvalue weighted by molar-refractivity contribution is -0.131. The highest BCUT2D eigenvalue weighted by Gasteiger charge is 2.31. The predicted molar refractivity (Wildman–Crippen MR) is 71.9 cm³/mol. The lowest BCUT2D eigenvalue weighted by Gasteiger charge is -2.38. The molecule has 0 radical (unpaired) electrons. The van der Waals surface area contributed by atoms with Crippen LogP contribution in [0.5, 0.6) is 0 Å². The van der Waals surface area contributed by atoms with Crippen molar-refractivity contribution in [2.45, 2.75) is 46.1 Å². The second-order valence-electron chi connectivity index (χ2n) is 6.29. The Kier molecular flexibility index (Phi) is 4.61. The molecule has 0 spiro atoms. The number of ether oxygens (including phenoxy) is 1. The molecule has 5 heteroatoms. The Balaban J connectivity index is 2.53. The number of amides is 1. The first-order chi connectivity index (χ1) is 8.61. The molecule has 108 valence electrons. The number of aliphatic carboxylic acids is 1. The minimum atomic E-state index is -0.934. The molecule has 1 aliphatic heterocycles. The number of carboxylic acids is 1. The Morgan fingerprint density at radius 1 is 1.26 bits per heavy atom. The quantitative estimate of drug-likeness (QED) is 0.783. The van der Waals surface area contributed by atoms with E-state index in [1.54, 1.807) is 11.0 Å². The summed E-state index contributed by atoms with van der Waals surface area (Å²) in [6.45, 7) is 8.72. The van der Waals surface area contributed by atoms with E-state index in [0.717, 1.165) is 12.8 Å².